The van der Waals surface area contributed by atoms with E-state index in [2.05, 4.69) is 22.5 Å². The minimum Gasteiger partial charge on any atom is -0.497 e. The Hall–Kier alpha value is -1.95. The van der Waals surface area contributed by atoms with Crippen LogP contribution in [0.1, 0.15) is 40.0 Å². The van der Waals surface area contributed by atoms with Gasteiger partial charge in [0.2, 0.25) is 0 Å². The van der Waals surface area contributed by atoms with Gasteiger partial charge in [-0.2, -0.15) is 0 Å². The maximum atomic E-state index is 9.18. The molecule has 0 aliphatic heterocycles. The highest BCUT2D eigenvalue weighted by molar-refractivity contribution is 5.79. The average molecular weight is 366 g/mol. The van der Waals surface area contributed by atoms with Gasteiger partial charge in [0.25, 0.3) is 0 Å². The molecule has 0 aromatic heterocycles. The van der Waals surface area contributed by atoms with Gasteiger partial charge in [0, 0.05) is 25.8 Å². The third-order valence-electron chi connectivity index (χ3n) is 4.02. The minimum absolute atomic E-state index is 0.0187. The Morgan fingerprint density at radius 3 is 2.62 bits per heavy atom. The summed E-state index contributed by atoms with van der Waals surface area (Å²) in [6.45, 7) is 8.60. The zero-order valence-corrected chi connectivity index (χ0v) is 16.6. The Morgan fingerprint density at radius 1 is 1.19 bits per heavy atom. The molecule has 0 saturated carbocycles. The van der Waals surface area contributed by atoms with E-state index in [4.69, 9.17) is 9.47 Å². The zero-order valence-electron chi connectivity index (χ0n) is 16.6. The summed E-state index contributed by atoms with van der Waals surface area (Å²) >= 11 is 0. The second-order valence-corrected chi connectivity index (χ2v) is 6.37. The fourth-order valence-electron chi connectivity index (χ4n) is 2.67. The first-order valence-corrected chi connectivity index (χ1v) is 9.56. The Balaban J connectivity index is 2.53. The third-order valence-corrected chi connectivity index (χ3v) is 4.02. The number of hydrogen-bond donors (Lipinski definition) is 3. The third kappa shape index (κ3) is 8.94. The Kier molecular flexibility index (Phi) is 11.3. The van der Waals surface area contributed by atoms with E-state index in [1.807, 2.05) is 38.1 Å². The smallest absolute Gasteiger partial charge is 0.191 e. The molecule has 0 saturated heterocycles. The monoisotopic (exact) mass is 365 g/mol. The van der Waals surface area contributed by atoms with Crippen molar-refractivity contribution in [1.29, 1.82) is 0 Å². The molecule has 2 atom stereocenters. The number of nitrogens with one attached hydrogen (secondary N) is 2. The number of aliphatic hydroxyl groups excluding tert-OH is 1. The first-order valence-electron chi connectivity index (χ1n) is 9.56. The molecule has 0 amide bonds. The second kappa shape index (κ2) is 13.3. The molecule has 2 unspecified atom stereocenters. The minimum atomic E-state index is -0.0187. The highest BCUT2D eigenvalue weighted by Crippen LogP contribution is 2.19. The molecule has 0 radical (unpaired) electrons. The van der Waals surface area contributed by atoms with Crippen molar-refractivity contribution in [2.75, 3.05) is 33.4 Å². The van der Waals surface area contributed by atoms with Crippen LogP contribution >= 0.6 is 0 Å². The van der Waals surface area contributed by atoms with Crippen LogP contribution in [0, 0.1) is 5.92 Å². The summed E-state index contributed by atoms with van der Waals surface area (Å²) in [7, 11) is 1.64. The average Bonchev–Trinajstić information content (AvgIpc) is 2.64. The van der Waals surface area contributed by atoms with Crippen LogP contribution in [0.15, 0.2) is 29.3 Å². The van der Waals surface area contributed by atoms with Crippen molar-refractivity contribution < 1.29 is 14.6 Å². The quantitative estimate of drug-likeness (QED) is 0.392. The van der Waals surface area contributed by atoms with E-state index in [-0.39, 0.29) is 12.7 Å². The number of nitrogens with zero attached hydrogens (tertiary/aromatic N) is 1. The molecule has 26 heavy (non-hydrogen) atoms. The van der Waals surface area contributed by atoms with Crippen molar-refractivity contribution in [3.05, 3.63) is 24.3 Å². The van der Waals surface area contributed by atoms with E-state index >= 15 is 0 Å². The number of ether oxygens (including phenoxy) is 2. The number of guanidine groups is 1. The van der Waals surface area contributed by atoms with Gasteiger partial charge in [0.05, 0.1) is 13.7 Å². The van der Waals surface area contributed by atoms with E-state index in [0.717, 1.165) is 49.8 Å². The standard InChI is InChI=1S/C20H35N3O3/c1-5-8-17(11-12-24)15-23-20(21-6-2)22-14-16(3)26-19-10-7-9-18(13-19)25-4/h7,9-10,13,16-17,24H,5-6,8,11-12,14-15H2,1-4H3,(H2,21,22,23). The van der Waals surface area contributed by atoms with Gasteiger partial charge in [-0.3, -0.25) is 4.99 Å². The van der Waals surface area contributed by atoms with Crippen LogP contribution < -0.4 is 20.1 Å². The van der Waals surface area contributed by atoms with Gasteiger partial charge in [0.15, 0.2) is 5.96 Å². The zero-order chi connectivity index (χ0) is 19.2. The van der Waals surface area contributed by atoms with E-state index in [1.54, 1.807) is 7.11 Å². The highest BCUT2D eigenvalue weighted by atomic mass is 16.5. The Morgan fingerprint density at radius 2 is 1.96 bits per heavy atom. The van der Waals surface area contributed by atoms with Gasteiger partial charge in [-0.25, -0.2) is 0 Å². The fraction of sp³-hybridized carbons (Fsp3) is 0.650. The van der Waals surface area contributed by atoms with Gasteiger partial charge in [-0.1, -0.05) is 19.4 Å². The van der Waals surface area contributed by atoms with Gasteiger partial charge in [0.1, 0.15) is 17.6 Å². The number of aliphatic hydroxyl groups is 1. The molecular formula is C20H35N3O3. The maximum Gasteiger partial charge on any atom is 0.191 e. The van der Waals surface area contributed by atoms with Crippen LogP contribution in [-0.4, -0.2) is 50.5 Å². The van der Waals surface area contributed by atoms with E-state index in [0.29, 0.717) is 12.5 Å². The molecule has 148 valence electrons. The molecule has 1 aromatic carbocycles. The predicted octanol–water partition coefficient (Wildman–Crippen LogP) is 2.82. The number of aliphatic imine (C=N–C) groups is 1. The van der Waals surface area contributed by atoms with Crippen molar-refractivity contribution in [2.24, 2.45) is 10.9 Å². The van der Waals surface area contributed by atoms with Gasteiger partial charge < -0.3 is 25.2 Å². The fourth-order valence-corrected chi connectivity index (χ4v) is 2.67. The van der Waals surface area contributed by atoms with Crippen molar-refractivity contribution in [3.8, 4) is 11.5 Å². The summed E-state index contributed by atoms with van der Waals surface area (Å²) in [5.41, 5.74) is 0. The van der Waals surface area contributed by atoms with E-state index < -0.39 is 0 Å². The molecule has 0 fully saturated rings. The predicted molar refractivity (Wildman–Crippen MR) is 107 cm³/mol. The SMILES string of the molecule is CCCC(CCO)CN=C(NCC)NCC(C)Oc1cccc(OC)c1. The summed E-state index contributed by atoms with van der Waals surface area (Å²) < 4.78 is 11.1. The second-order valence-electron chi connectivity index (χ2n) is 6.37. The molecule has 6 nitrogen and oxygen atoms in total. The summed E-state index contributed by atoms with van der Waals surface area (Å²) in [6.07, 6.45) is 2.97. The molecule has 0 bridgehead atoms. The summed E-state index contributed by atoms with van der Waals surface area (Å²) in [5, 5.41) is 15.8. The number of methoxy groups -OCH3 is 1. The molecule has 1 rings (SSSR count). The summed E-state index contributed by atoms with van der Waals surface area (Å²) in [6, 6.07) is 7.60. The molecule has 3 N–H and O–H groups in total. The topological polar surface area (TPSA) is 75.1 Å². The normalized spacial score (nSPS) is 13.8. The molecule has 0 aliphatic carbocycles. The van der Waals surface area contributed by atoms with Crippen molar-refractivity contribution in [1.82, 2.24) is 10.6 Å². The lowest BCUT2D eigenvalue weighted by atomic mass is 10.0. The van der Waals surface area contributed by atoms with E-state index in [1.165, 1.54) is 0 Å². The van der Waals surface area contributed by atoms with Crippen molar-refractivity contribution in [2.45, 2.75) is 46.1 Å². The number of rotatable bonds is 12. The molecule has 1 aromatic rings. The lowest BCUT2D eigenvalue weighted by molar-refractivity contribution is 0.223. The first kappa shape index (κ1) is 22.1. The number of benzene rings is 1. The summed E-state index contributed by atoms with van der Waals surface area (Å²) in [4.78, 5) is 4.67. The van der Waals surface area contributed by atoms with Crippen molar-refractivity contribution >= 4 is 5.96 Å². The van der Waals surface area contributed by atoms with Gasteiger partial charge >= 0.3 is 0 Å². The highest BCUT2D eigenvalue weighted by Gasteiger charge is 2.09. The van der Waals surface area contributed by atoms with E-state index in [9.17, 15) is 5.11 Å². The van der Waals surface area contributed by atoms with Crippen LogP contribution in [0.25, 0.3) is 0 Å². The molecule has 0 spiro atoms. The molecular weight excluding hydrogens is 330 g/mol. The van der Waals surface area contributed by atoms with Gasteiger partial charge in [-0.15, -0.1) is 0 Å². The van der Waals surface area contributed by atoms with Crippen LogP contribution in [0.2, 0.25) is 0 Å². The lowest BCUT2D eigenvalue weighted by Crippen LogP contribution is -2.42. The lowest BCUT2D eigenvalue weighted by Gasteiger charge is -2.19. The largest absolute Gasteiger partial charge is 0.497 e. The Bertz CT molecular complexity index is 517. The van der Waals surface area contributed by atoms with Crippen LogP contribution in [0.3, 0.4) is 0 Å². The van der Waals surface area contributed by atoms with Crippen molar-refractivity contribution in [3.63, 3.8) is 0 Å². The van der Waals surface area contributed by atoms with Crippen LogP contribution in [-0.2, 0) is 0 Å². The molecule has 6 heteroatoms. The maximum absolute atomic E-state index is 9.18. The molecule has 0 heterocycles. The van der Waals surface area contributed by atoms with Gasteiger partial charge in [-0.05, 0) is 44.7 Å². The van der Waals surface area contributed by atoms with Crippen LogP contribution in [0.5, 0.6) is 11.5 Å². The number of hydrogen-bond acceptors (Lipinski definition) is 4. The first-order chi connectivity index (χ1) is 12.6. The Labute approximate surface area is 158 Å². The van der Waals surface area contributed by atoms with Crippen LogP contribution in [0.4, 0.5) is 0 Å². The molecule has 0 aliphatic rings. The summed E-state index contributed by atoms with van der Waals surface area (Å²) in [5.74, 6) is 2.77.